The summed E-state index contributed by atoms with van der Waals surface area (Å²) >= 11 is 0. The van der Waals surface area contributed by atoms with Gasteiger partial charge in [-0.05, 0) is 43.9 Å². The Bertz CT molecular complexity index is 1120. The van der Waals surface area contributed by atoms with Crippen LogP contribution >= 0.6 is 0 Å². The highest BCUT2D eigenvalue weighted by Gasteiger charge is 2.31. The molecule has 2 aromatic carbocycles. The zero-order chi connectivity index (χ0) is 24.0. The molecule has 0 saturated heterocycles. The normalized spacial score (nSPS) is 13.3. The zero-order valence-electron chi connectivity index (χ0n) is 18.8. The van der Waals surface area contributed by atoms with Crippen LogP contribution < -0.4 is 16.4 Å². The number of aryl methyl sites for hydroxylation is 1. The lowest BCUT2D eigenvalue weighted by Gasteiger charge is -2.25. The molecule has 3 aromatic rings. The van der Waals surface area contributed by atoms with Crippen LogP contribution in [0.1, 0.15) is 31.4 Å². The van der Waals surface area contributed by atoms with Gasteiger partial charge in [0.15, 0.2) is 0 Å². The fourth-order valence-corrected chi connectivity index (χ4v) is 3.56. The SMILES string of the molecule is CC(C)(N)C(=O)N[C@H](Cc1c[nH]c2ccccc12)C(=O)N[C@@H](CCc1ccccc1)C(=O)O. The number of benzene rings is 2. The Kier molecular flexibility index (Phi) is 7.50. The first kappa shape index (κ1) is 24.0. The number of hydrogen-bond acceptors (Lipinski definition) is 4. The Hall–Kier alpha value is -3.65. The molecule has 0 fully saturated rings. The Morgan fingerprint density at radius 1 is 1.00 bits per heavy atom. The van der Waals surface area contributed by atoms with Crippen molar-refractivity contribution in [3.63, 3.8) is 0 Å². The van der Waals surface area contributed by atoms with Crippen LogP contribution in [0.25, 0.3) is 10.9 Å². The summed E-state index contributed by atoms with van der Waals surface area (Å²) in [6.45, 7) is 3.09. The van der Waals surface area contributed by atoms with Crippen LogP contribution in [0.4, 0.5) is 0 Å². The number of para-hydroxylation sites is 1. The second-order valence-electron chi connectivity index (χ2n) is 8.74. The first-order valence-corrected chi connectivity index (χ1v) is 10.9. The largest absolute Gasteiger partial charge is 0.480 e. The van der Waals surface area contributed by atoms with Gasteiger partial charge in [-0.1, -0.05) is 48.5 Å². The molecule has 0 aliphatic heterocycles. The highest BCUT2D eigenvalue weighted by Crippen LogP contribution is 2.19. The molecule has 3 rings (SSSR count). The monoisotopic (exact) mass is 450 g/mol. The average Bonchev–Trinajstić information content (AvgIpc) is 3.18. The van der Waals surface area contributed by atoms with Gasteiger partial charge in [-0.25, -0.2) is 4.79 Å². The van der Waals surface area contributed by atoms with Crippen LogP contribution in [0.2, 0.25) is 0 Å². The van der Waals surface area contributed by atoms with Crippen molar-refractivity contribution in [1.82, 2.24) is 15.6 Å². The highest BCUT2D eigenvalue weighted by molar-refractivity contribution is 5.94. The Balaban J connectivity index is 1.77. The highest BCUT2D eigenvalue weighted by atomic mass is 16.4. The minimum atomic E-state index is -1.20. The quantitative estimate of drug-likeness (QED) is 0.322. The average molecular weight is 451 g/mol. The number of rotatable bonds is 10. The standard InChI is InChI=1S/C25H30N4O4/c1-25(2,26)24(33)29-21(14-17-15-27-19-11-7-6-10-18(17)19)22(30)28-20(23(31)32)13-12-16-8-4-3-5-9-16/h3-11,15,20-21,27H,12-14,26H2,1-2H3,(H,28,30)(H,29,33)(H,31,32)/t20-,21+/m0/s1. The van der Waals surface area contributed by atoms with E-state index in [1.165, 1.54) is 0 Å². The molecule has 1 heterocycles. The number of amides is 2. The van der Waals surface area contributed by atoms with Gasteiger partial charge in [0.1, 0.15) is 12.1 Å². The van der Waals surface area contributed by atoms with E-state index in [9.17, 15) is 19.5 Å². The van der Waals surface area contributed by atoms with Gasteiger partial charge in [-0.15, -0.1) is 0 Å². The number of hydrogen-bond donors (Lipinski definition) is 5. The summed E-state index contributed by atoms with van der Waals surface area (Å²) in [7, 11) is 0. The molecule has 0 radical (unpaired) electrons. The molecular formula is C25H30N4O4. The van der Waals surface area contributed by atoms with Gasteiger partial charge in [0, 0.05) is 23.5 Å². The zero-order valence-corrected chi connectivity index (χ0v) is 18.8. The van der Waals surface area contributed by atoms with Crippen LogP contribution in [0.15, 0.2) is 60.8 Å². The van der Waals surface area contributed by atoms with E-state index < -0.39 is 35.4 Å². The Morgan fingerprint density at radius 3 is 2.33 bits per heavy atom. The van der Waals surface area contributed by atoms with Gasteiger partial charge >= 0.3 is 5.97 Å². The Morgan fingerprint density at radius 2 is 1.67 bits per heavy atom. The fourth-order valence-electron chi connectivity index (χ4n) is 3.56. The summed E-state index contributed by atoms with van der Waals surface area (Å²) in [4.78, 5) is 40.7. The molecule has 174 valence electrons. The van der Waals surface area contributed by atoms with Crippen LogP contribution in [0.5, 0.6) is 0 Å². The van der Waals surface area contributed by atoms with E-state index in [0.717, 1.165) is 22.0 Å². The summed E-state index contributed by atoms with van der Waals surface area (Å²) in [5, 5.41) is 15.9. The molecule has 33 heavy (non-hydrogen) atoms. The van der Waals surface area contributed by atoms with Crippen molar-refractivity contribution in [1.29, 1.82) is 0 Å². The van der Waals surface area contributed by atoms with E-state index in [2.05, 4.69) is 15.6 Å². The van der Waals surface area contributed by atoms with Gasteiger partial charge < -0.3 is 26.5 Å². The first-order chi connectivity index (χ1) is 15.6. The maximum absolute atomic E-state index is 13.2. The van der Waals surface area contributed by atoms with Crippen molar-refractivity contribution in [2.45, 2.75) is 50.7 Å². The van der Waals surface area contributed by atoms with Gasteiger partial charge in [-0.2, -0.15) is 0 Å². The van der Waals surface area contributed by atoms with E-state index in [1.807, 2.05) is 54.6 Å². The topological polar surface area (TPSA) is 137 Å². The van der Waals surface area contributed by atoms with Crippen LogP contribution in [-0.2, 0) is 27.2 Å². The number of fused-ring (bicyclic) bond motifs is 1. The maximum Gasteiger partial charge on any atom is 0.326 e. The number of nitrogens with one attached hydrogen (secondary N) is 3. The molecule has 0 saturated carbocycles. The predicted octanol–water partition coefficient (Wildman–Crippen LogP) is 2.13. The van der Waals surface area contributed by atoms with E-state index in [-0.39, 0.29) is 12.8 Å². The van der Waals surface area contributed by atoms with E-state index >= 15 is 0 Å². The van der Waals surface area contributed by atoms with Gasteiger partial charge in [0.05, 0.1) is 5.54 Å². The smallest absolute Gasteiger partial charge is 0.326 e. The summed E-state index contributed by atoms with van der Waals surface area (Å²) in [5.41, 5.74) is 7.43. The summed E-state index contributed by atoms with van der Waals surface area (Å²) < 4.78 is 0. The number of aliphatic carboxylic acids is 1. The molecule has 0 spiro atoms. The number of H-pyrrole nitrogens is 1. The lowest BCUT2D eigenvalue weighted by molar-refractivity contribution is -0.142. The molecule has 6 N–H and O–H groups in total. The molecular weight excluding hydrogens is 420 g/mol. The van der Waals surface area contributed by atoms with E-state index in [1.54, 1.807) is 20.0 Å². The fraction of sp³-hybridized carbons (Fsp3) is 0.320. The molecule has 0 unspecified atom stereocenters. The number of carboxylic acid groups (broad SMARTS) is 1. The Labute approximate surface area is 192 Å². The lowest BCUT2D eigenvalue weighted by Crippen LogP contribution is -2.58. The van der Waals surface area contributed by atoms with Crippen molar-refractivity contribution in [3.05, 3.63) is 71.9 Å². The van der Waals surface area contributed by atoms with Crippen molar-refractivity contribution in [2.24, 2.45) is 5.73 Å². The molecule has 2 atom stereocenters. The minimum absolute atomic E-state index is 0.183. The number of carboxylic acids is 1. The number of carbonyl (C=O) groups excluding carboxylic acids is 2. The third-order valence-electron chi connectivity index (χ3n) is 5.49. The van der Waals surface area contributed by atoms with Crippen LogP contribution in [0.3, 0.4) is 0 Å². The first-order valence-electron chi connectivity index (χ1n) is 10.9. The lowest BCUT2D eigenvalue weighted by atomic mass is 10.0. The van der Waals surface area contributed by atoms with Crippen molar-refractivity contribution in [3.8, 4) is 0 Å². The number of carbonyl (C=O) groups is 3. The summed E-state index contributed by atoms with van der Waals surface area (Å²) in [6, 6.07) is 15.0. The van der Waals surface area contributed by atoms with Crippen LogP contribution in [0, 0.1) is 0 Å². The van der Waals surface area contributed by atoms with Gasteiger partial charge in [0.25, 0.3) is 0 Å². The number of aromatic nitrogens is 1. The predicted molar refractivity (Wildman–Crippen MR) is 127 cm³/mol. The van der Waals surface area contributed by atoms with Gasteiger partial charge in [0.2, 0.25) is 11.8 Å². The third-order valence-corrected chi connectivity index (χ3v) is 5.49. The van der Waals surface area contributed by atoms with Crippen molar-refractivity contribution < 1.29 is 19.5 Å². The second kappa shape index (κ2) is 10.3. The molecule has 1 aromatic heterocycles. The van der Waals surface area contributed by atoms with Crippen LogP contribution in [-0.4, -0.2) is 45.5 Å². The molecule has 8 nitrogen and oxygen atoms in total. The van der Waals surface area contributed by atoms with E-state index in [4.69, 9.17) is 5.73 Å². The summed E-state index contributed by atoms with van der Waals surface area (Å²) in [6.07, 6.45) is 2.69. The minimum Gasteiger partial charge on any atom is -0.480 e. The molecule has 0 aliphatic rings. The second-order valence-corrected chi connectivity index (χ2v) is 8.74. The number of nitrogens with two attached hydrogens (primary N) is 1. The third kappa shape index (κ3) is 6.43. The van der Waals surface area contributed by atoms with Crippen molar-refractivity contribution in [2.75, 3.05) is 0 Å². The molecule has 0 bridgehead atoms. The van der Waals surface area contributed by atoms with Crippen molar-refractivity contribution >= 4 is 28.7 Å². The molecule has 8 heteroatoms. The maximum atomic E-state index is 13.2. The molecule has 0 aliphatic carbocycles. The number of aromatic amines is 1. The molecule has 2 amide bonds. The van der Waals surface area contributed by atoms with Gasteiger partial charge in [-0.3, -0.25) is 9.59 Å². The summed E-state index contributed by atoms with van der Waals surface area (Å²) in [5.74, 6) is -2.20. The van der Waals surface area contributed by atoms with E-state index in [0.29, 0.717) is 6.42 Å².